The van der Waals surface area contributed by atoms with E-state index in [1.165, 1.54) is 67.7 Å². The fourth-order valence-corrected chi connectivity index (χ4v) is 5.65. The fourth-order valence-electron chi connectivity index (χ4n) is 4.22. The Morgan fingerprint density at radius 1 is 0.925 bits per heavy atom. The molecule has 0 saturated carbocycles. The van der Waals surface area contributed by atoms with Gasteiger partial charge in [-0.2, -0.15) is 0 Å². The van der Waals surface area contributed by atoms with Crippen molar-refractivity contribution in [1.82, 2.24) is 10.2 Å². The van der Waals surface area contributed by atoms with E-state index in [4.69, 9.17) is 9.47 Å². The number of carbonyl (C=O) groups is 2. The second kappa shape index (κ2) is 13.8. The summed E-state index contributed by atoms with van der Waals surface area (Å²) in [5, 5.41) is 2.74. The summed E-state index contributed by atoms with van der Waals surface area (Å²) in [4.78, 5) is 28.2. The molecule has 0 heterocycles. The van der Waals surface area contributed by atoms with Crippen LogP contribution in [0.5, 0.6) is 11.5 Å². The maximum Gasteiger partial charge on any atom is 0.264 e. The van der Waals surface area contributed by atoms with Crippen molar-refractivity contribution in [1.29, 1.82) is 0 Å². The predicted molar refractivity (Wildman–Crippen MR) is 150 cm³/mol. The fraction of sp³-hybridized carbons (Fsp3) is 0.310. The number of sulfonamides is 1. The van der Waals surface area contributed by atoms with E-state index in [9.17, 15) is 22.4 Å². The summed E-state index contributed by atoms with van der Waals surface area (Å²) in [6, 6.07) is 16.9. The highest BCUT2D eigenvalue weighted by atomic mass is 32.2. The highest BCUT2D eigenvalue weighted by Gasteiger charge is 2.34. The van der Waals surface area contributed by atoms with Crippen molar-refractivity contribution in [2.75, 3.05) is 31.6 Å². The van der Waals surface area contributed by atoms with Crippen LogP contribution in [0.3, 0.4) is 0 Å². The molecule has 0 fully saturated rings. The number of nitrogens with zero attached hydrogens (tertiary/aromatic N) is 2. The largest absolute Gasteiger partial charge is 0.497 e. The molecule has 3 aromatic carbocycles. The van der Waals surface area contributed by atoms with Crippen LogP contribution in [0, 0.1) is 5.82 Å². The van der Waals surface area contributed by atoms with Gasteiger partial charge in [-0.1, -0.05) is 31.2 Å². The maximum atomic E-state index is 14.0. The average Bonchev–Trinajstić information content (AvgIpc) is 2.96. The highest BCUT2D eigenvalue weighted by Crippen LogP contribution is 2.33. The van der Waals surface area contributed by atoms with E-state index < -0.39 is 34.3 Å². The lowest BCUT2D eigenvalue weighted by molar-refractivity contribution is -0.140. The molecule has 0 aliphatic rings. The Morgan fingerprint density at radius 2 is 1.57 bits per heavy atom. The highest BCUT2D eigenvalue weighted by molar-refractivity contribution is 7.92. The molecular formula is C29H34FN3O6S. The molecule has 2 amide bonds. The Balaban J connectivity index is 2.09. The number of amides is 2. The van der Waals surface area contributed by atoms with E-state index in [1.807, 2.05) is 0 Å². The molecule has 0 bridgehead atoms. The third kappa shape index (κ3) is 7.09. The van der Waals surface area contributed by atoms with Crippen LogP contribution in [0.2, 0.25) is 0 Å². The lowest BCUT2D eigenvalue weighted by Gasteiger charge is -2.33. The van der Waals surface area contributed by atoms with Crippen molar-refractivity contribution in [2.24, 2.45) is 0 Å². The first-order valence-corrected chi connectivity index (χ1v) is 14.2. The Bertz CT molecular complexity index is 1400. The smallest absolute Gasteiger partial charge is 0.264 e. The second-order valence-electron chi connectivity index (χ2n) is 8.83. The molecule has 1 atom stereocenters. The zero-order valence-electron chi connectivity index (χ0n) is 23.0. The quantitative estimate of drug-likeness (QED) is 0.333. The molecule has 1 unspecified atom stereocenters. The molecule has 11 heteroatoms. The second-order valence-corrected chi connectivity index (χ2v) is 10.7. The van der Waals surface area contributed by atoms with Gasteiger partial charge in [0.15, 0.2) is 0 Å². The number of rotatable bonds is 13. The van der Waals surface area contributed by atoms with Gasteiger partial charge in [0.2, 0.25) is 11.8 Å². The van der Waals surface area contributed by atoms with Crippen LogP contribution in [-0.4, -0.2) is 58.5 Å². The van der Waals surface area contributed by atoms with Gasteiger partial charge in [0.25, 0.3) is 10.0 Å². The number of nitrogens with one attached hydrogen (secondary N) is 1. The number of hydrogen-bond donors (Lipinski definition) is 1. The number of likely N-dealkylation sites (N-methyl/N-ethyl adjacent to an activating group) is 1. The topological polar surface area (TPSA) is 105 Å². The van der Waals surface area contributed by atoms with E-state index in [-0.39, 0.29) is 35.2 Å². The van der Waals surface area contributed by atoms with Gasteiger partial charge in [0.1, 0.15) is 29.9 Å². The molecule has 40 heavy (non-hydrogen) atoms. The molecule has 3 rings (SSSR count). The monoisotopic (exact) mass is 571 g/mol. The predicted octanol–water partition coefficient (Wildman–Crippen LogP) is 3.98. The van der Waals surface area contributed by atoms with Crippen LogP contribution in [0.4, 0.5) is 10.1 Å². The minimum atomic E-state index is -4.28. The van der Waals surface area contributed by atoms with Gasteiger partial charge in [0, 0.05) is 13.1 Å². The summed E-state index contributed by atoms with van der Waals surface area (Å²) in [5.74, 6) is -0.719. The van der Waals surface area contributed by atoms with Crippen LogP contribution < -0.4 is 19.1 Å². The molecule has 9 nitrogen and oxygen atoms in total. The molecular weight excluding hydrogens is 537 g/mol. The van der Waals surface area contributed by atoms with E-state index in [1.54, 1.807) is 38.1 Å². The lowest BCUT2D eigenvalue weighted by atomic mass is 10.1. The number of benzene rings is 3. The minimum absolute atomic E-state index is 0.0307. The summed E-state index contributed by atoms with van der Waals surface area (Å²) in [6.45, 7) is 3.23. The van der Waals surface area contributed by atoms with Crippen molar-refractivity contribution in [3.63, 3.8) is 0 Å². The Hall–Kier alpha value is -4.12. The summed E-state index contributed by atoms with van der Waals surface area (Å²) in [5.41, 5.74) is 0.737. The number of methoxy groups -OCH3 is 2. The number of halogens is 1. The first-order chi connectivity index (χ1) is 19.2. The van der Waals surface area contributed by atoms with Crippen molar-refractivity contribution in [3.8, 4) is 11.5 Å². The summed E-state index contributed by atoms with van der Waals surface area (Å²) < 4.78 is 53.1. The normalized spacial score (nSPS) is 11.8. The van der Waals surface area contributed by atoms with Gasteiger partial charge in [-0.15, -0.1) is 0 Å². The molecule has 1 N–H and O–H groups in total. The van der Waals surface area contributed by atoms with Crippen LogP contribution in [-0.2, 0) is 26.2 Å². The summed E-state index contributed by atoms with van der Waals surface area (Å²) in [6.07, 6.45) is 0.276. The SMILES string of the molecule is CCNC(=O)C(CC)N(Cc1ccc(F)cc1)C(=O)CN(c1ccccc1OC)S(=O)(=O)c1ccc(OC)cc1. The molecule has 0 aromatic heterocycles. The van der Waals surface area contributed by atoms with E-state index in [0.29, 0.717) is 17.9 Å². The zero-order chi connectivity index (χ0) is 29.3. The number of para-hydroxylation sites is 2. The van der Waals surface area contributed by atoms with Crippen molar-refractivity contribution < 1.29 is 31.9 Å². The molecule has 0 aliphatic heterocycles. The van der Waals surface area contributed by atoms with Crippen LogP contribution >= 0.6 is 0 Å². The molecule has 0 spiro atoms. The molecule has 0 aliphatic carbocycles. The van der Waals surface area contributed by atoms with Gasteiger partial charge in [-0.3, -0.25) is 13.9 Å². The van der Waals surface area contributed by atoms with E-state index >= 15 is 0 Å². The number of anilines is 1. The average molecular weight is 572 g/mol. The zero-order valence-corrected chi connectivity index (χ0v) is 23.8. The number of carbonyl (C=O) groups excluding carboxylic acids is 2. The first kappa shape index (κ1) is 30.4. The molecule has 3 aromatic rings. The molecule has 0 radical (unpaired) electrons. The van der Waals surface area contributed by atoms with Crippen molar-refractivity contribution >= 4 is 27.5 Å². The van der Waals surface area contributed by atoms with Gasteiger partial charge in [0.05, 0.1) is 24.8 Å². The Kier molecular flexibility index (Phi) is 10.5. The molecule has 0 saturated heterocycles. The van der Waals surface area contributed by atoms with E-state index in [2.05, 4.69) is 5.32 Å². The van der Waals surface area contributed by atoms with Gasteiger partial charge in [-0.25, -0.2) is 12.8 Å². The van der Waals surface area contributed by atoms with Gasteiger partial charge < -0.3 is 19.7 Å². The van der Waals surface area contributed by atoms with Crippen LogP contribution in [0.25, 0.3) is 0 Å². The van der Waals surface area contributed by atoms with Gasteiger partial charge in [-0.05, 0) is 67.4 Å². The molecule has 214 valence electrons. The van der Waals surface area contributed by atoms with Crippen molar-refractivity contribution in [2.45, 2.75) is 37.8 Å². The van der Waals surface area contributed by atoms with Crippen molar-refractivity contribution in [3.05, 3.63) is 84.2 Å². The Morgan fingerprint density at radius 3 is 2.15 bits per heavy atom. The standard InChI is InChI=1S/C29H34FN3O6S/c1-5-25(29(35)31-6-2)32(19-21-11-13-22(30)14-12-21)28(34)20-33(26-9-7-8-10-27(26)39-4)40(36,37)24-17-15-23(38-3)16-18-24/h7-18,25H,5-6,19-20H2,1-4H3,(H,31,35). The first-order valence-electron chi connectivity index (χ1n) is 12.8. The number of ether oxygens (including phenoxy) is 2. The maximum absolute atomic E-state index is 14.0. The lowest BCUT2D eigenvalue weighted by Crippen LogP contribution is -2.52. The Labute approximate surface area is 234 Å². The minimum Gasteiger partial charge on any atom is -0.497 e. The third-order valence-electron chi connectivity index (χ3n) is 6.28. The number of hydrogen-bond acceptors (Lipinski definition) is 6. The summed E-state index contributed by atoms with van der Waals surface area (Å²) >= 11 is 0. The van der Waals surface area contributed by atoms with Crippen LogP contribution in [0.1, 0.15) is 25.8 Å². The van der Waals surface area contributed by atoms with E-state index in [0.717, 1.165) is 4.31 Å². The van der Waals surface area contributed by atoms with Crippen LogP contribution in [0.15, 0.2) is 77.7 Å². The van der Waals surface area contributed by atoms with Gasteiger partial charge >= 0.3 is 0 Å². The third-order valence-corrected chi connectivity index (χ3v) is 8.06. The summed E-state index contributed by atoms with van der Waals surface area (Å²) in [7, 11) is -1.41.